The van der Waals surface area contributed by atoms with Gasteiger partial charge in [-0.15, -0.1) is 0 Å². The molecule has 0 radical (unpaired) electrons. The average molecular weight is 434 g/mol. The molecule has 1 amide bonds. The van der Waals surface area contributed by atoms with Crippen molar-refractivity contribution in [3.8, 4) is 0 Å². The van der Waals surface area contributed by atoms with Crippen LogP contribution in [0, 0.1) is 0 Å². The lowest BCUT2D eigenvalue weighted by Gasteiger charge is -2.36. The highest BCUT2D eigenvalue weighted by molar-refractivity contribution is 6.31. The lowest BCUT2D eigenvalue weighted by atomic mass is 10.1. The van der Waals surface area contributed by atoms with Gasteiger partial charge in [0.25, 0.3) is 12.3 Å². The molecule has 0 atom stereocenters. The van der Waals surface area contributed by atoms with Gasteiger partial charge in [0.05, 0.1) is 22.4 Å². The molecule has 6 nitrogen and oxygen atoms in total. The predicted molar refractivity (Wildman–Crippen MR) is 115 cm³/mol. The van der Waals surface area contributed by atoms with Crippen LogP contribution < -0.4 is 10.2 Å². The SMILES string of the molecule is CCN1CCN(c2ccc(Cl)cc2NC(=O)c2ccc3nc(C(F)F)[nH]c3c2)CC1. The molecule has 2 N–H and O–H groups in total. The number of rotatable bonds is 5. The van der Waals surface area contributed by atoms with Crippen molar-refractivity contribution in [2.75, 3.05) is 42.9 Å². The highest BCUT2D eigenvalue weighted by Gasteiger charge is 2.20. The predicted octanol–water partition coefficient (Wildman–Crippen LogP) is 4.55. The number of likely N-dealkylation sites (N-methyl/N-ethyl adjacent to an activating group) is 1. The minimum atomic E-state index is -2.70. The van der Waals surface area contributed by atoms with Crippen LogP contribution in [-0.4, -0.2) is 53.5 Å². The zero-order valence-electron chi connectivity index (χ0n) is 16.5. The number of hydrogen-bond donors (Lipinski definition) is 2. The molecule has 0 aliphatic carbocycles. The Labute approximate surface area is 177 Å². The quantitative estimate of drug-likeness (QED) is 0.619. The van der Waals surface area contributed by atoms with E-state index in [4.69, 9.17) is 11.6 Å². The van der Waals surface area contributed by atoms with Crippen molar-refractivity contribution < 1.29 is 13.6 Å². The summed E-state index contributed by atoms with van der Waals surface area (Å²) >= 11 is 6.18. The number of aromatic nitrogens is 2. The molecule has 158 valence electrons. The molecular formula is C21H22ClF2N5O. The first-order valence-electron chi connectivity index (χ1n) is 9.80. The van der Waals surface area contributed by atoms with E-state index in [0.29, 0.717) is 27.3 Å². The number of anilines is 2. The molecule has 0 saturated carbocycles. The molecule has 9 heteroatoms. The third-order valence-electron chi connectivity index (χ3n) is 5.34. The highest BCUT2D eigenvalue weighted by Crippen LogP contribution is 2.31. The van der Waals surface area contributed by atoms with Crippen LogP contribution in [0.5, 0.6) is 0 Å². The zero-order chi connectivity index (χ0) is 21.3. The number of alkyl halides is 2. The Morgan fingerprint density at radius 2 is 1.97 bits per heavy atom. The van der Waals surface area contributed by atoms with Crippen molar-refractivity contribution in [3.05, 3.63) is 52.8 Å². The molecule has 0 spiro atoms. The van der Waals surface area contributed by atoms with Crippen molar-refractivity contribution in [1.29, 1.82) is 0 Å². The number of piperazine rings is 1. The molecule has 1 aromatic heterocycles. The third-order valence-corrected chi connectivity index (χ3v) is 5.57. The van der Waals surface area contributed by atoms with Gasteiger partial charge in [0.2, 0.25) is 0 Å². The Hall–Kier alpha value is -2.71. The minimum absolute atomic E-state index is 0.341. The Kier molecular flexibility index (Phi) is 5.87. The van der Waals surface area contributed by atoms with E-state index in [2.05, 4.69) is 32.0 Å². The van der Waals surface area contributed by atoms with E-state index < -0.39 is 12.2 Å². The molecule has 30 heavy (non-hydrogen) atoms. The molecule has 1 aliphatic heterocycles. The van der Waals surface area contributed by atoms with Gasteiger partial charge in [0.15, 0.2) is 5.82 Å². The molecule has 0 unspecified atom stereocenters. The number of H-pyrrole nitrogens is 1. The van der Waals surface area contributed by atoms with E-state index >= 15 is 0 Å². The molecule has 1 saturated heterocycles. The van der Waals surface area contributed by atoms with Crippen molar-refractivity contribution in [3.63, 3.8) is 0 Å². The number of fused-ring (bicyclic) bond motifs is 1. The number of aromatic amines is 1. The minimum Gasteiger partial charge on any atom is -0.367 e. The molecule has 2 heterocycles. The van der Waals surface area contributed by atoms with Gasteiger partial charge in [0, 0.05) is 36.8 Å². The zero-order valence-corrected chi connectivity index (χ0v) is 17.2. The highest BCUT2D eigenvalue weighted by atomic mass is 35.5. The Morgan fingerprint density at radius 3 is 2.67 bits per heavy atom. The topological polar surface area (TPSA) is 64.3 Å². The maximum Gasteiger partial charge on any atom is 0.295 e. The summed E-state index contributed by atoms with van der Waals surface area (Å²) in [4.78, 5) is 23.9. The maximum atomic E-state index is 12.9. The van der Waals surface area contributed by atoms with Gasteiger partial charge in [-0.25, -0.2) is 13.8 Å². The van der Waals surface area contributed by atoms with Crippen molar-refractivity contribution >= 4 is 39.9 Å². The monoisotopic (exact) mass is 433 g/mol. The van der Waals surface area contributed by atoms with Crippen LogP contribution in [0.4, 0.5) is 20.2 Å². The number of benzene rings is 2. The van der Waals surface area contributed by atoms with Gasteiger partial charge in [0.1, 0.15) is 0 Å². The Bertz CT molecular complexity index is 1060. The number of carbonyl (C=O) groups excluding carboxylic acids is 1. The number of nitrogens with one attached hydrogen (secondary N) is 2. The number of imidazole rings is 1. The number of halogens is 3. The van der Waals surface area contributed by atoms with Crippen molar-refractivity contribution in [2.24, 2.45) is 0 Å². The normalized spacial score (nSPS) is 15.2. The summed E-state index contributed by atoms with van der Waals surface area (Å²) in [5.41, 5.74) is 2.65. The molecule has 2 aromatic carbocycles. The van der Waals surface area contributed by atoms with Crippen LogP contribution in [0.15, 0.2) is 36.4 Å². The van der Waals surface area contributed by atoms with E-state index in [1.807, 2.05) is 6.07 Å². The van der Waals surface area contributed by atoms with Gasteiger partial charge in [-0.1, -0.05) is 18.5 Å². The maximum absolute atomic E-state index is 12.9. The van der Waals surface area contributed by atoms with Gasteiger partial charge in [-0.2, -0.15) is 0 Å². The molecule has 1 aliphatic rings. The second-order valence-electron chi connectivity index (χ2n) is 7.19. The standard InChI is InChI=1S/C21H22ClF2N5O/c1-2-28-7-9-29(10-8-28)18-6-4-14(22)12-17(18)27-21(30)13-3-5-15-16(11-13)26-20(25-15)19(23)24/h3-6,11-12,19H,2,7-10H2,1H3,(H,25,26)(H,27,30). The number of carbonyl (C=O) groups is 1. The first-order chi connectivity index (χ1) is 14.4. The average Bonchev–Trinajstić information content (AvgIpc) is 3.18. The van der Waals surface area contributed by atoms with E-state index in [1.165, 1.54) is 6.07 Å². The Morgan fingerprint density at radius 1 is 1.20 bits per heavy atom. The smallest absolute Gasteiger partial charge is 0.295 e. The molecule has 0 bridgehead atoms. The molecule has 3 aromatic rings. The fraction of sp³-hybridized carbons (Fsp3) is 0.333. The summed E-state index contributed by atoms with van der Waals surface area (Å²) in [7, 11) is 0. The third kappa shape index (κ3) is 4.24. The van der Waals surface area contributed by atoms with Crippen LogP contribution >= 0.6 is 11.6 Å². The van der Waals surface area contributed by atoms with Gasteiger partial charge >= 0.3 is 0 Å². The van der Waals surface area contributed by atoms with Crippen molar-refractivity contribution in [1.82, 2.24) is 14.9 Å². The van der Waals surface area contributed by atoms with Gasteiger partial charge in [-0.05, 0) is 42.9 Å². The second kappa shape index (κ2) is 8.57. The first kappa shape index (κ1) is 20.6. The number of nitrogens with zero attached hydrogens (tertiary/aromatic N) is 3. The fourth-order valence-electron chi connectivity index (χ4n) is 3.66. The second-order valence-corrected chi connectivity index (χ2v) is 7.63. The summed E-state index contributed by atoms with van der Waals surface area (Å²) in [6, 6.07) is 10.1. The first-order valence-corrected chi connectivity index (χ1v) is 10.2. The van der Waals surface area contributed by atoms with Crippen LogP contribution in [0.25, 0.3) is 11.0 Å². The van der Waals surface area contributed by atoms with E-state index in [0.717, 1.165) is 38.4 Å². The lowest BCUT2D eigenvalue weighted by molar-refractivity contribution is 0.102. The summed E-state index contributed by atoms with van der Waals surface area (Å²) in [5.74, 6) is -0.758. The summed E-state index contributed by atoms with van der Waals surface area (Å²) in [6.07, 6.45) is -2.70. The largest absolute Gasteiger partial charge is 0.367 e. The van der Waals surface area contributed by atoms with Crippen LogP contribution in [-0.2, 0) is 0 Å². The lowest BCUT2D eigenvalue weighted by Crippen LogP contribution is -2.46. The summed E-state index contributed by atoms with van der Waals surface area (Å²) < 4.78 is 25.7. The van der Waals surface area contributed by atoms with Crippen LogP contribution in [0.2, 0.25) is 5.02 Å². The van der Waals surface area contributed by atoms with Crippen LogP contribution in [0.3, 0.4) is 0 Å². The van der Waals surface area contributed by atoms with Gasteiger partial charge in [-0.3, -0.25) is 4.79 Å². The van der Waals surface area contributed by atoms with E-state index in [1.54, 1.807) is 24.3 Å². The van der Waals surface area contributed by atoms with Gasteiger partial charge < -0.3 is 20.1 Å². The molecular weight excluding hydrogens is 412 g/mol. The number of amides is 1. The summed E-state index contributed by atoms with van der Waals surface area (Å²) in [5, 5.41) is 3.44. The van der Waals surface area contributed by atoms with Crippen molar-refractivity contribution in [2.45, 2.75) is 13.3 Å². The molecule has 1 fully saturated rings. The Balaban J connectivity index is 1.57. The summed E-state index contributed by atoms with van der Waals surface area (Å²) in [6.45, 7) is 6.78. The van der Waals surface area contributed by atoms with Crippen LogP contribution in [0.1, 0.15) is 29.5 Å². The van der Waals surface area contributed by atoms with E-state index in [9.17, 15) is 13.6 Å². The van der Waals surface area contributed by atoms with E-state index in [-0.39, 0.29) is 5.91 Å². The molecule has 4 rings (SSSR count). The number of hydrogen-bond acceptors (Lipinski definition) is 4. The fourth-order valence-corrected chi connectivity index (χ4v) is 3.83.